The predicted molar refractivity (Wildman–Crippen MR) is 96.3 cm³/mol. The summed E-state index contributed by atoms with van der Waals surface area (Å²) in [5.41, 5.74) is 1.26. The molecule has 1 aromatic rings. The largest absolute Gasteiger partial charge is 0.490 e. The lowest BCUT2D eigenvalue weighted by molar-refractivity contribution is -0.192. The Balaban J connectivity index is 0.000000321. The van der Waals surface area contributed by atoms with Crippen LogP contribution in [-0.4, -0.2) is 59.1 Å². The van der Waals surface area contributed by atoms with Crippen LogP contribution in [0.15, 0.2) is 29.5 Å². The van der Waals surface area contributed by atoms with Crippen molar-refractivity contribution in [1.29, 1.82) is 0 Å². The predicted octanol–water partition coefficient (Wildman–Crippen LogP) is 3.38. The molecule has 27 heavy (non-hydrogen) atoms. The van der Waals surface area contributed by atoms with E-state index in [0.717, 1.165) is 45.4 Å². The number of likely N-dealkylation sites (tertiary alicyclic amines) is 2. The maximum Gasteiger partial charge on any atom is 0.490 e. The van der Waals surface area contributed by atoms with Crippen LogP contribution in [0, 0.1) is 5.41 Å². The molecule has 1 N–H and O–H groups in total. The molecule has 2 fully saturated rings. The normalized spacial score (nSPS) is 23.2. The molecule has 2 aliphatic rings. The Morgan fingerprint density at radius 1 is 1.37 bits per heavy atom. The molecule has 5 nitrogen and oxygen atoms in total. The fourth-order valence-corrected chi connectivity index (χ4v) is 4.26. The first-order chi connectivity index (χ1) is 12.7. The van der Waals surface area contributed by atoms with E-state index in [1.54, 1.807) is 11.3 Å². The summed E-state index contributed by atoms with van der Waals surface area (Å²) in [6, 6.07) is 2.19. The van der Waals surface area contributed by atoms with Crippen LogP contribution in [0.4, 0.5) is 13.2 Å². The molecular formula is C18H23F3N2O3S. The van der Waals surface area contributed by atoms with Crippen molar-refractivity contribution < 1.29 is 27.9 Å². The summed E-state index contributed by atoms with van der Waals surface area (Å²) in [5, 5.41) is 11.5. The molecule has 2 saturated heterocycles. The molecule has 1 atom stereocenters. The number of aliphatic carboxylic acids is 1. The van der Waals surface area contributed by atoms with E-state index in [0.29, 0.717) is 12.5 Å². The molecule has 0 bridgehead atoms. The molecule has 0 aromatic carbocycles. The second kappa shape index (κ2) is 8.88. The number of carboxylic acids is 1. The zero-order valence-corrected chi connectivity index (χ0v) is 15.7. The SMILES string of the molecule is C=CCN1CCC2(CCCN(Cc3ccsc3)C2)C1=O.O=C(O)C(F)(F)F. The van der Waals surface area contributed by atoms with E-state index in [2.05, 4.69) is 28.3 Å². The van der Waals surface area contributed by atoms with E-state index < -0.39 is 12.1 Å². The number of carbonyl (C=O) groups excluding carboxylic acids is 1. The molecule has 150 valence electrons. The second-order valence-electron chi connectivity index (χ2n) is 6.82. The van der Waals surface area contributed by atoms with E-state index in [1.807, 2.05) is 11.0 Å². The van der Waals surface area contributed by atoms with Gasteiger partial charge < -0.3 is 10.0 Å². The molecule has 0 radical (unpaired) electrons. The Bertz CT molecular complexity index is 663. The molecule has 2 aliphatic heterocycles. The smallest absolute Gasteiger partial charge is 0.475 e. The third-order valence-corrected chi connectivity index (χ3v) is 5.57. The van der Waals surface area contributed by atoms with Gasteiger partial charge in [-0.25, -0.2) is 4.79 Å². The molecular weight excluding hydrogens is 381 g/mol. The quantitative estimate of drug-likeness (QED) is 0.782. The van der Waals surface area contributed by atoms with Gasteiger partial charge in [0.15, 0.2) is 0 Å². The van der Waals surface area contributed by atoms with Gasteiger partial charge in [-0.15, -0.1) is 6.58 Å². The van der Waals surface area contributed by atoms with Crippen LogP contribution in [0.2, 0.25) is 0 Å². The van der Waals surface area contributed by atoms with E-state index in [4.69, 9.17) is 9.90 Å². The van der Waals surface area contributed by atoms with E-state index in [9.17, 15) is 18.0 Å². The van der Waals surface area contributed by atoms with Gasteiger partial charge in [0, 0.05) is 26.2 Å². The molecule has 3 heterocycles. The standard InChI is InChI=1S/C16H22N2OS.C2HF3O2/c1-2-7-18-9-6-16(15(18)19)5-3-8-17(13-16)11-14-4-10-20-12-14;3-2(4,5)1(6)7/h2,4,10,12H,1,3,5-9,11,13H2;(H,6,7). The van der Waals surface area contributed by atoms with Crippen LogP contribution in [0.5, 0.6) is 0 Å². The fraction of sp³-hybridized carbons (Fsp3) is 0.556. The first-order valence-corrected chi connectivity index (χ1v) is 9.56. The monoisotopic (exact) mass is 404 g/mol. The molecule has 0 saturated carbocycles. The van der Waals surface area contributed by atoms with Crippen LogP contribution >= 0.6 is 11.3 Å². The minimum atomic E-state index is -5.08. The number of carbonyl (C=O) groups is 2. The maximum absolute atomic E-state index is 12.7. The highest BCUT2D eigenvalue weighted by Crippen LogP contribution is 2.40. The minimum absolute atomic E-state index is 0.114. The van der Waals surface area contributed by atoms with Crippen molar-refractivity contribution in [1.82, 2.24) is 9.80 Å². The number of piperidine rings is 1. The lowest BCUT2D eigenvalue weighted by Crippen LogP contribution is -2.47. The van der Waals surface area contributed by atoms with Crippen LogP contribution in [-0.2, 0) is 16.1 Å². The Kier molecular flexibility index (Phi) is 7.05. The lowest BCUT2D eigenvalue weighted by Gasteiger charge is -2.39. The number of hydrogen-bond donors (Lipinski definition) is 1. The van der Waals surface area contributed by atoms with Crippen LogP contribution in [0.1, 0.15) is 24.8 Å². The van der Waals surface area contributed by atoms with Crippen molar-refractivity contribution in [2.45, 2.75) is 32.0 Å². The average Bonchev–Trinajstić information content (AvgIpc) is 3.20. The number of alkyl halides is 3. The third kappa shape index (κ3) is 5.55. The zero-order chi connectivity index (χ0) is 20.1. The van der Waals surface area contributed by atoms with Gasteiger partial charge in [0.25, 0.3) is 0 Å². The number of amides is 1. The summed E-state index contributed by atoms with van der Waals surface area (Å²) in [5.74, 6) is -2.40. The Hall–Kier alpha value is -1.87. The molecule has 3 rings (SSSR count). The van der Waals surface area contributed by atoms with E-state index >= 15 is 0 Å². The van der Waals surface area contributed by atoms with Gasteiger partial charge in [-0.3, -0.25) is 9.69 Å². The second-order valence-corrected chi connectivity index (χ2v) is 7.60. The summed E-state index contributed by atoms with van der Waals surface area (Å²) in [4.78, 5) is 26.0. The third-order valence-electron chi connectivity index (χ3n) is 4.84. The lowest BCUT2D eigenvalue weighted by atomic mass is 9.78. The average molecular weight is 404 g/mol. The fourth-order valence-electron chi connectivity index (χ4n) is 3.60. The molecule has 1 spiro atoms. The summed E-state index contributed by atoms with van der Waals surface area (Å²) >= 11 is 1.75. The minimum Gasteiger partial charge on any atom is -0.475 e. The van der Waals surface area contributed by atoms with Crippen molar-refractivity contribution in [3.8, 4) is 0 Å². The summed E-state index contributed by atoms with van der Waals surface area (Å²) in [6.07, 6.45) is -0.0416. The Morgan fingerprint density at radius 3 is 2.63 bits per heavy atom. The van der Waals surface area contributed by atoms with Gasteiger partial charge in [0.05, 0.1) is 5.41 Å². The van der Waals surface area contributed by atoms with E-state index in [1.165, 1.54) is 5.56 Å². The number of hydrogen-bond acceptors (Lipinski definition) is 4. The first kappa shape index (κ1) is 21.4. The van der Waals surface area contributed by atoms with Crippen molar-refractivity contribution >= 4 is 23.2 Å². The van der Waals surface area contributed by atoms with Gasteiger partial charge in [-0.1, -0.05) is 6.08 Å². The summed E-state index contributed by atoms with van der Waals surface area (Å²) in [7, 11) is 0. The number of rotatable bonds is 4. The number of carboxylic acid groups (broad SMARTS) is 1. The van der Waals surface area contributed by atoms with Gasteiger partial charge in [-0.05, 0) is 48.2 Å². The van der Waals surface area contributed by atoms with Crippen LogP contribution in [0.25, 0.3) is 0 Å². The number of nitrogens with zero attached hydrogens (tertiary/aromatic N) is 2. The zero-order valence-electron chi connectivity index (χ0n) is 14.9. The van der Waals surface area contributed by atoms with Crippen molar-refractivity contribution in [3.05, 3.63) is 35.0 Å². The van der Waals surface area contributed by atoms with Gasteiger partial charge >= 0.3 is 12.1 Å². The summed E-state index contributed by atoms with van der Waals surface area (Å²) in [6.45, 7) is 8.38. The van der Waals surface area contributed by atoms with E-state index in [-0.39, 0.29) is 5.41 Å². The Morgan fingerprint density at radius 2 is 2.07 bits per heavy atom. The molecule has 1 aromatic heterocycles. The van der Waals surface area contributed by atoms with Gasteiger partial charge in [0.2, 0.25) is 5.91 Å². The highest BCUT2D eigenvalue weighted by atomic mass is 32.1. The topological polar surface area (TPSA) is 60.9 Å². The van der Waals surface area contributed by atoms with Crippen molar-refractivity contribution in [3.63, 3.8) is 0 Å². The highest BCUT2D eigenvalue weighted by Gasteiger charge is 2.48. The first-order valence-electron chi connectivity index (χ1n) is 8.62. The molecule has 0 aliphatic carbocycles. The van der Waals surface area contributed by atoms with Crippen LogP contribution < -0.4 is 0 Å². The molecule has 1 amide bonds. The molecule has 9 heteroatoms. The van der Waals surface area contributed by atoms with Gasteiger partial charge in [0.1, 0.15) is 0 Å². The van der Waals surface area contributed by atoms with Crippen molar-refractivity contribution in [2.75, 3.05) is 26.2 Å². The number of halogens is 3. The Labute approximate surface area is 160 Å². The van der Waals surface area contributed by atoms with Gasteiger partial charge in [-0.2, -0.15) is 24.5 Å². The maximum atomic E-state index is 12.7. The van der Waals surface area contributed by atoms with Crippen LogP contribution in [0.3, 0.4) is 0 Å². The molecule has 1 unspecified atom stereocenters. The highest BCUT2D eigenvalue weighted by molar-refractivity contribution is 7.07. The summed E-state index contributed by atoms with van der Waals surface area (Å²) < 4.78 is 31.7. The van der Waals surface area contributed by atoms with Crippen molar-refractivity contribution in [2.24, 2.45) is 5.41 Å². The number of thiophene rings is 1.